The molecule has 1 aliphatic carbocycles. The van der Waals surface area contributed by atoms with Gasteiger partial charge in [0.05, 0.1) is 17.8 Å². The number of amides is 3. The summed E-state index contributed by atoms with van der Waals surface area (Å²) in [6, 6.07) is 22.0. The lowest BCUT2D eigenvalue weighted by Gasteiger charge is -2.42. The maximum Gasteiger partial charge on any atom is 0.329 e. The Morgan fingerprint density at radius 2 is 1.56 bits per heavy atom. The Balaban J connectivity index is 1.31. The number of nitrogens with one attached hydrogen (secondary N) is 1. The van der Waals surface area contributed by atoms with Gasteiger partial charge in [-0.2, -0.15) is 0 Å². The van der Waals surface area contributed by atoms with Gasteiger partial charge in [0.15, 0.2) is 0 Å². The molecule has 158 valence electrons. The zero-order valence-corrected chi connectivity index (χ0v) is 17.6. The van der Waals surface area contributed by atoms with Crippen molar-refractivity contribution in [3.8, 4) is 0 Å². The highest BCUT2D eigenvalue weighted by Gasteiger charge is 2.45. The maximum atomic E-state index is 13.5. The summed E-state index contributed by atoms with van der Waals surface area (Å²) in [6.07, 6.45) is 5.83. The minimum Gasteiger partial charge on any atom is -0.334 e. The second kappa shape index (κ2) is 7.45. The van der Waals surface area contributed by atoms with E-state index in [9.17, 15) is 9.59 Å². The molecule has 1 N–H and O–H groups in total. The fourth-order valence-corrected chi connectivity index (χ4v) is 5.51. The van der Waals surface area contributed by atoms with Gasteiger partial charge in [-0.15, -0.1) is 0 Å². The van der Waals surface area contributed by atoms with E-state index in [2.05, 4.69) is 52.8 Å². The second-order valence-electron chi connectivity index (χ2n) is 8.79. The van der Waals surface area contributed by atoms with Gasteiger partial charge in [-0.1, -0.05) is 66.7 Å². The van der Waals surface area contributed by atoms with Gasteiger partial charge in [-0.05, 0) is 41.5 Å². The molecule has 6 rings (SSSR count). The van der Waals surface area contributed by atoms with Crippen LogP contribution in [0.2, 0.25) is 0 Å². The summed E-state index contributed by atoms with van der Waals surface area (Å²) < 4.78 is 0. The van der Waals surface area contributed by atoms with E-state index in [1.165, 1.54) is 21.2 Å². The number of imide groups is 1. The SMILES string of the molecule is O=C1NC2CC(c3cccc4ccccc34)CCC2C(=O)N1c1cncc2ccccc12. The fraction of sp³-hybridized carbons (Fsp3) is 0.222. The molecule has 3 atom stereocenters. The average Bonchev–Trinajstić information content (AvgIpc) is 2.83. The Hall–Kier alpha value is -3.73. The van der Waals surface area contributed by atoms with E-state index in [0.717, 1.165) is 30.0 Å². The number of hydrogen-bond donors (Lipinski definition) is 1. The average molecular weight is 422 g/mol. The molecule has 5 heteroatoms. The van der Waals surface area contributed by atoms with Gasteiger partial charge in [-0.3, -0.25) is 9.78 Å². The molecule has 3 unspecified atom stereocenters. The Labute approximate surface area is 186 Å². The number of carbonyl (C=O) groups excluding carboxylic acids is 2. The number of benzene rings is 3. The molecular formula is C27H23N3O2. The highest BCUT2D eigenvalue weighted by Crippen LogP contribution is 2.41. The number of anilines is 1. The van der Waals surface area contributed by atoms with E-state index in [-0.39, 0.29) is 23.9 Å². The first-order chi connectivity index (χ1) is 15.7. The number of urea groups is 1. The van der Waals surface area contributed by atoms with Crippen molar-refractivity contribution < 1.29 is 9.59 Å². The van der Waals surface area contributed by atoms with Gasteiger partial charge >= 0.3 is 6.03 Å². The molecule has 1 aliphatic heterocycles. The predicted octanol–water partition coefficient (Wildman–Crippen LogP) is 5.40. The number of pyridine rings is 1. The van der Waals surface area contributed by atoms with Crippen LogP contribution < -0.4 is 10.2 Å². The number of carbonyl (C=O) groups is 2. The van der Waals surface area contributed by atoms with E-state index in [1.54, 1.807) is 12.4 Å². The lowest BCUT2D eigenvalue weighted by molar-refractivity contribution is -0.124. The number of aromatic nitrogens is 1. The summed E-state index contributed by atoms with van der Waals surface area (Å²) >= 11 is 0. The number of rotatable bonds is 2. The van der Waals surface area contributed by atoms with Gasteiger partial charge in [-0.25, -0.2) is 9.69 Å². The largest absolute Gasteiger partial charge is 0.334 e. The van der Waals surface area contributed by atoms with Gasteiger partial charge in [0.1, 0.15) is 0 Å². The minimum atomic E-state index is -0.354. The van der Waals surface area contributed by atoms with E-state index in [4.69, 9.17) is 0 Å². The van der Waals surface area contributed by atoms with E-state index in [1.807, 2.05) is 24.3 Å². The molecular weight excluding hydrogens is 398 g/mol. The monoisotopic (exact) mass is 421 g/mol. The third kappa shape index (κ3) is 2.96. The minimum absolute atomic E-state index is 0.117. The third-order valence-corrected chi connectivity index (χ3v) is 7.05. The topological polar surface area (TPSA) is 62.3 Å². The standard InChI is InChI=1S/C27H23N3O2/c31-26-23-13-12-18(21-11-5-8-17-6-1-3-9-20(17)21)14-24(23)29-27(32)30(26)25-16-28-15-19-7-2-4-10-22(19)25/h1-11,15-16,18,23-24H,12-14H2,(H,29,32). The van der Waals surface area contributed by atoms with Crippen molar-refractivity contribution in [2.45, 2.75) is 31.2 Å². The van der Waals surface area contributed by atoms with Crippen LogP contribution in [0.15, 0.2) is 79.1 Å². The highest BCUT2D eigenvalue weighted by molar-refractivity contribution is 6.20. The van der Waals surface area contributed by atoms with Crippen LogP contribution in [0.3, 0.4) is 0 Å². The van der Waals surface area contributed by atoms with Gasteiger partial charge in [0.2, 0.25) is 5.91 Å². The summed E-state index contributed by atoms with van der Waals surface area (Å²) in [4.78, 5) is 32.2. The van der Waals surface area contributed by atoms with Crippen molar-refractivity contribution in [1.82, 2.24) is 10.3 Å². The van der Waals surface area contributed by atoms with E-state index >= 15 is 0 Å². The first-order valence-corrected chi connectivity index (χ1v) is 11.2. The second-order valence-corrected chi connectivity index (χ2v) is 8.79. The normalized spacial score (nSPS) is 23.2. The molecule has 1 aromatic heterocycles. The molecule has 3 amide bonds. The van der Waals surface area contributed by atoms with E-state index in [0.29, 0.717) is 11.6 Å². The van der Waals surface area contributed by atoms with E-state index < -0.39 is 0 Å². The third-order valence-electron chi connectivity index (χ3n) is 7.05. The summed E-state index contributed by atoms with van der Waals surface area (Å²) in [7, 11) is 0. The summed E-state index contributed by atoms with van der Waals surface area (Å²) in [5.41, 5.74) is 1.86. The lowest BCUT2D eigenvalue weighted by atomic mass is 9.73. The smallest absolute Gasteiger partial charge is 0.329 e. The molecule has 2 heterocycles. The quantitative estimate of drug-likeness (QED) is 0.472. The van der Waals surface area contributed by atoms with Crippen molar-refractivity contribution in [1.29, 1.82) is 0 Å². The van der Waals surface area contributed by atoms with Crippen LogP contribution in [0.25, 0.3) is 21.5 Å². The summed E-state index contributed by atoms with van der Waals surface area (Å²) in [5.74, 6) is -0.00705. The Kier molecular flexibility index (Phi) is 4.42. The van der Waals surface area contributed by atoms with Crippen molar-refractivity contribution in [2.24, 2.45) is 5.92 Å². The molecule has 2 aliphatic rings. The predicted molar refractivity (Wildman–Crippen MR) is 126 cm³/mol. The highest BCUT2D eigenvalue weighted by atomic mass is 16.2. The van der Waals surface area contributed by atoms with Crippen molar-refractivity contribution >= 4 is 39.2 Å². The number of nitrogens with zero attached hydrogens (tertiary/aromatic N) is 2. The molecule has 0 radical (unpaired) electrons. The molecule has 0 bridgehead atoms. The van der Waals surface area contributed by atoms with Gasteiger partial charge < -0.3 is 5.32 Å². The van der Waals surface area contributed by atoms with Crippen LogP contribution in [-0.4, -0.2) is 23.0 Å². The number of fused-ring (bicyclic) bond motifs is 3. The van der Waals surface area contributed by atoms with Crippen molar-refractivity contribution in [3.05, 3.63) is 84.7 Å². The first-order valence-electron chi connectivity index (χ1n) is 11.2. The van der Waals surface area contributed by atoms with Gasteiger partial charge in [0.25, 0.3) is 0 Å². The van der Waals surface area contributed by atoms with Crippen LogP contribution in [0.5, 0.6) is 0 Å². The van der Waals surface area contributed by atoms with Crippen LogP contribution in [0.4, 0.5) is 10.5 Å². The Morgan fingerprint density at radius 1 is 0.812 bits per heavy atom. The molecule has 32 heavy (non-hydrogen) atoms. The zero-order valence-electron chi connectivity index (χ0n) is 17.6. The fourth-order valence-electron chi connectivity index (χ4n) is 5.51. The molecule has 0 spiro atoms. The number of hydrogen-bond acceptors (Lipinski definition) is 3. The van der Waals surface area contributed by atoms with Crippen LogP contribution >= 0.6 is 0 Å². The van der Waals surface area contributed by atoms with Crippen molar-refractivity contribution in [2.75, 3.05) is 4.90 Å². The lowest BCUT2D eigenvalue weighted by Crippen LogP contribution is -2.61. The molecule has 1 saturated carbocycles. The maximum absolute atomic E-state index is 13.5. The first kappa shape index (κ1) is 19.0. The summed E-state index contributed by atoms with van der Waals surface area (Å²) in [6.45, 7) is 0. The molecule has 2 fully saturated rings. The molecule has 4 aromatic rings. The Morgan fingerprint density at radius 3 is 2.44 bits per heavy atom. The van der Waals surface area contributed by atoms with Crippen LogP contribution in [0.1, 0.15) is 30.7 Å². The van der Waals surface area contributed by atoms with Gasteiger partial charge in [0, 0.05) is 23.0 Å². The Bertz CT molecular complexity index is 1350. The molecule has 1 saturated heterocycles. The molecule has 5 nitrogen and oxygen atoms in total. The van der Waals surface area contributed by atoms with Crippen molar-refractivity contribution in [3.63, 3.8) is 0 Å². The van der Waals surface area contributed by atoms with Crippen LogP contribution in [0, 0.1) is 5.92 Å². The zero-order chi connectivity index (χ0) is 21.7. The van der Waals surface area contributed by atoms with Crippen LogP contribution in [-0.2, 0) is 4.79 Å². The molecule has 3 aromatic carbocycles. The summed E-state index contributed by atoms with van der Waals surface area (Å²) in [5, 5.41) is 7.40.